The molecule has 2 saturated carbocycles. The van der Waals surface area contributed by atoms with E-state index in [0.717, 1.165) is 49.7 Å². The first-order valence-electron chi connectivity index (χ1n) is 16.8. The lowest BCUT2D eigenvalue weighted by Gasteiger charge is -2.47. The van der Waals surface area contributed by atoms with Crippen LogP contribution in [0.3, 0.4) is 0 Å². The zero-order valence-electron chi connectivity index (χ0n) is 28.1. The molecule has 244 valence electrons. The van der Waals surface area contributed by atoms with Gasteiger partial charge in [0.25, 0.3) is 11.8 Å². The van der Waals surface area contributed by atoms with Crippen molar-refractivity contribution in [3.8, 4) is 0 Å². The summed E-state index contributed by atoms with van der Waals surface area (Å²) in [4.78, 5) is 39.8. The van der Waals surface area contributed by atoms with Crippen LogP contribution < -0.4 is 5.32 Å². The molecule has 0 radical (unpaired) electrons. The minimum absolute atomic E-state index is 0.00945. The van der Waals surface area contributed by atoms with Gasteiger partial charge in [-0.25, -0.2) is 0 Å². The normalized spacial score (nSPS) is 22.7. The highest BCUT2D eigenvalue weighted by molar-refractivity contribution is 6.46. The first-order chi connectivity index (χ1) is 21.8. The second-order valence-corrected chi connectivity index (χ2v) is 15.8. The fourth-order valence-electron chi connectivity index (χ4n) is 7.15. The van der Waals surface area contributed by atoms with Gasteiger partial charge < -0.3 is 10.2 Å². The highest BCUT2D eigenvalue weighted by Crippen LogP contribution is 2.50. The van der Waals surface area contributed by atoms with Crippen molar-refractivity contribution in [1.29, 1.82) is 0 Å². The van der Waals surface area contributed by atoms with Crippen LogP contribution in [0.5, 0.6) is 0 Å². The molecule has 3 aliphatic rings. The topological polar surface area (TPSA) is 129 Å². The van der Waals surface area contributed by atoms with Crippen LogP contribution in [-0.4, -0.2) is 53.7 Å². The maximum atomic E-state index is 14.8. The highest BCUT2D eigenvalue weighted by Gasteiger charge is 2.53. The van der Waals surface area contributed by atoms with Gasteiger partial charge in [0.05, 0.1) is 12.6 Å². The standard InChI is InChI=1S/C36H48N8O2/c1-34(2,3)16-15-29(24-9-11-25(12-10-24)32(45)38-22-30-40-42-43-41-30)44-33(46)31(27-19-26(20-37-21-27)23-7-8-23)39-36(44)17-13-28(14-18-36)35(4,5)6/h9-12,19-21,23,28-29H,7-8,13-18,22H2,1-6H3,(H,38,45)(H,40,41,42,43)/t28?,29-,36?/m1/s1. The quantitative estimate of drug-likeness (QED) is 0.278. The number of aliphatic imine (C=N–C) groups is 1. The minimum atomic E-state index is -0.604. The summed E-state index contributed by atoms with van der Waals surface area (Å²) >= 11 is 0. The van der Waals surface area contributed by atoms with Gasteiger partial charge in [-0.2, -0.15) is 5.21 Å². The van der Waals surface area contributed by atoms with Crippen LogP contribution in [0.2, 0.25) is 0 Å². The first kappa shape index (κ1) is 32.0. The van der Waals surface area contributed by atoms with E-state index < -0.39 is 5.66 Å². The van der Waals surface area contributed by atoms with Gasteiger partial charge in [0.2, 0.25) is 0 Å². The number of rotatable bonds is 9. The summed E-state index contributed by atoms with van der Waals surface area (Å²) in [5.41, 5.74) is 3.82. The summed E-state index contributed by atoms with van der Waals surface area (Å²) in [7, 11) is 0. The molecule has 2 fully saturated rings. The van der Waals surface area contributed by atoms with Crippen LogP contribution >= 0.6 is 0 Å². The third-order valence-electron chi connectivity index (χ3n) is 10.1. The Morgan fingerprint density at radius 2 is 1.76 bits per heavy atom. The summed E-state index contributed by atoms with van der Waals surface area (Å²) in [5.74, 6) is 1.31. The zero-order valence-corrected chi connectivity index (χ0v) is 28.1. The smallest absolute Gasteiger partial charge is 0.275 e. The second kappa shape index (κ2) is 12.3. The molecule has 1 aromatic carbocycles. The van der Waals surface area contributed by atoms with Gasteiger partial charge in [0.15, 0.2) is 5.82 Å². The Hall–Kier alpha value is -3.95. The molecular formula is C36H48N8O2. The maximum absolute atomic E-state index is 14.8. The zero-order chi connectivity index (χ0) is 32.7. The van der Waals surface area contributed by atoms with Crippen molar-refractivity contribution >= 4 is 17.5 Å². The number of nitrogens with one attached hydrogen (secondary N) is 2. The van der Waals surface area contributed by atoms with E-state index in [1.54, 1.807) is 0 Å². The molecule has 10 nitrogen and oxygen atoms in total. The van der Waals surface area contributed by atoms with Gasteiger partial charge in [-0.05, 0) is 103 Å². The number of amides is 2. The Labute approximate surface area is 272 Å². The number of hydrogen-bond acceptors (Lipinski definition) is 7. The van der Waals surface area contributed by atoms with Crippen molar-refractivity contribution in [2.45, 2.75) is 117 Å². The Kier molecular flexibility index (Phi) is 8.59. The number of carbonyl (C=O) groups is 2. The predicted molar refractivity (Wildman–Crippen MR) is 177 cm³/mol. The molecule has 0 saturated heterocycles. The van der Waals surface area contributed by atoms with Gasteiger partial charge in [-0.1, -0.05) is 58.9 Å². The Bertz CT molecular complexity index is 1570. The molecule has 0 unspecified atom stereocenters. The van der Waals surface area contributed by atoms with Crippen molar-refractivity contribution < 1.29 is 9.59 Å². The van der Waals surface area contributed by atoms with Gasteiger partial charge in [0, 0.05) is 23.5 Å². The van der Waals surface area contributed by atoms with Crippen molar-refractivity contribution in [2.75, 3.05) is 0 Å². The number of aromatic nitrogens is 5. The summed E-state index contributed by atoms with van der Waals surface area (Å²) in [6, 6.07) is 9.66. The minimum Gasteiger partial charge on any atom is -0.345 e. The van der Waals surface area contributed by atoms with Crippen molar-refractivity contribution in [3.63, 3.8) is 0 Å². The molecule has 2 N–H and O–H groups in total. The Balaban J connectivity index is 1.34. The average Bonchev–Trinajstić information content (AvgIpc) is 3.67. The van der Waals surface area contributed by atoms with Gasteiger partial charge >= 0.3 is 0 Å². The first-order valence-corrected chi connectivity index (χ1v) is 16.8. The molecule has 1 atom stereocenters. The molecule has 1 aliphatic heterocycles. The second-order valence-electron chi connectivity index (χ2n) is 15.8. The lowest BCUT2D eigenvalue weighted by Crippen LogP contribution is -2.51. The van der Waals surface area contributed by atoms with E-state index in [2.05, 4.69) is 83.4 Å². The lowest BCUT2D eigenvalue weighted by atomic mass is 9.69. The molecular weight excluding hydrogens is 576 g/mol. The number of benzene rings is 1. The van der Waals surface area contributed by atoms with Crippen molar-refractivity contribution in [3.05, 3.63) is 70.8 Å². The van der Waals surface area contributed by atoms with Gasteiger partial charge in [-0.3, -0.25) is 19.6 Å². The van der Waals surface area contributed by atoms with Crippen LogP contribution in [0.15, 0.2) is 47.7 Å². The van der Waals surface area contributed by atoms with Crippen LogP contribution in [0, 0.1) is 16.7 Å². The largest absolute Gasteiger partial charge is 0.345 e. The summed E-state index contributed by atoms with van der Waals surface area (Å²) in [5, 5.41) is 16.6. The molecule has 0 bridgehead atoms. The maximum Gasteiger partial charge on any atom is 0.275 e. The van der Waals surface area contributed by atoms with E-state index in [9.17, 15) is 9.59 Å². The summed E-state index contributed by atoms with van der Waals surface area (Å²) < 4.78 is 0. The van der Waals surface area contributed by atoms with Crippen LogP contribution in [-0.2, 0) is 11.3 Å². The molecule has 46 heavy (non-hydrogen) atoms. The van der Waals surface area contributed by atoms with Gasteiger partial charge in [-0.15, -0.1) is 10.2 Å². The number of tetrazole rings is 1. The number of carbonyl (C=O) groups excluding carboxylic acids is 2. The summed E-state index contributed by atoms with van der Waals surface area (Å²) in [6.07, 6.45) is 11.6. The van der Waals surface area contributed by atoms with Crippen LogP contribution in [0.4, 0.5) is 0 Å². The molecule has 3 aromatic rings. The molecule has 1 spiro atoms. The van der Waals surface area contributed by atoms with E-state index in [1.807, 2.05) is 36.7 Å². The molecule has 2 aliphatic carbocycles. The lowest BCUT2D eigenvalue weighted by molar-refractivity contribution is -0.134. The number of aromatic amines is 1. The van der Waals surface area contributed by atoms with Crippen LogP contribution in [0.25, 0.3) is 0 Å². The fraction of sp³-hybridized carbons (Fsp3) is 0.583. The van der Waals surface area contributed by atoms with Crippen molar-refractivity contribution in [1.82, 2.24) is 35.8 Å². The highest BCUT2D eigenvalue weighted by atomic mass is 16.2. The Morgan fingerprint density at radius 1 is 1.04 bits per heavy atom. The molecule has 2 aromatic heterocycles. The molecule has 2 amide bonds. The van der Waals surface area contributed by atoms with E-state index in [-0.39, 0.29) is 35.2 Å². The molecule has 6 rings (SSSR count). The summed E-state index contributed by atoms with van der Waals surface area (Å²) in [6.45, 7) is 13.9. The van der Waals surface area contributed by atoms with E-state index in [1.165, 1.54) is 18.4 Å². The fourth-order valence-corrected chi connectivity index (χ4v) is 7.15. The van der Waals surface area contributed by atoms with Crippen molar-refractivity contribution in [2.24, 2.45) is 21.7 Å². The van der Waals surface area contributed by atoms with E-state index in [0.29, 0.717) is 28.9 Å². The van der Waals surface area contributed by atoms with E-state index in [4.69, 9.17) is 4.99 Å². The Morgan fingerprint density at radius 3 is 2.37 bits per heavy atom. The number of pyridine rings is 1. The molecule has 3 heterocycles. The van der Waals surface area contributed by atoms with Gasteiger partial charge in [0.1, 0.15) is 11.4 Å². The van der Waals surface area contributed by atoms with E-state index >= 15 is 0 Å². The predicted octanol–water partition coefficient (Wildman–Crippen LogP) is 6.53. The third-order valence-corrected chi connectivity index (χ3v) is 10.1. The number of hydrogen-bond donors (Lipinski definition) is 2. The third kappa shape index (κ3) is 6.90. The number of nitrogens with zero attached hydrogens (tertiary/aromatic N) is 6. The monoisotopic (exact) mass is 624 g/mol. The van der Waals surface area contributed by atoms with Crippen LogP contribution in [0.1, 0.15) is 138 Å². The number of H-pyrrole nitrogens is 1. The average molecular weight is 625 g/mol. The SMILES string of the molecule is CC(C)(C)CC[C@H](c1ccc(C(=O)NCc2nn[nH]n2)cc1)N1C(=O)C(c2cncc(C3CC3)c2)=NC12CCC(C(C)(C)C)CC2. The molecule has 10 heteroatoms.